The van der Waals surface area contributed by atoms with Crippen molar-refractivity contribution in [3.8, 4) is 0 Å². The smallest absolute Gasteiger partial charge is 0.229 e. The van der Waals surface area contributed by atoms with E-state index in [-0.39, 0.29) is 24.9 Å². The molecule has 0 aromatic rings. The van der Waals surface area contributed by atoms with Gasteiger partial charge in [-0.1, -0.05) is 141 Å². The largest absolute Gasteiger partial charge is 0.317 e. The van der Waals surface area contributed by atoms with E-state index in [2.05, 4.69) is 43.6 Å². The van der Waals surface area contributed by atoms with E-state index in [1.165, 1.54) is 120 Å². The van der Waals surface area contributed by atoms with Gasteiger partial charge in [0, 0.05) is 25.9 Å². The van der Waals surface area contributed by atoms with E-state index in [9.17, 15) is 9.59 Å². The van der Waals surface area contributed by atoms with Crippen molar-refractivity contribution in [1.82, 2.24) is 10.4 Å². The molecule has 0 aliphatic rings. The van der Waals surface area contributed by atoms with E-state index in [0.29, 0.717) is 12.8 Å². The molecule has 0 aliphatic carbocycles. The van der Waals surface area contributed by atoms with E-state index in [1.807, 2.05) is 0 Å². The summed E-state index contributed by atoms with van der Waals surface area (Å²) in [5.74, 6) is -0.184. The Morgan fingerprint density at radius 1 is 0.488 bits per heavy atom. The summed E-state index contributed by atoms with van der Waals surface area (Å²) in [7, 11) is 0. The standard InChI is InChI=1S/C38H72N2O3/c1-3-5-7-9-11-13-15-17-19-21-23-25-27-29-31-33-37(41)40(36-35-39-43)38(42)34-32-30-28-26-24-22-20-18-16-14-12-10-8-6-4-2/h17-20,39,43H,3-16,21-36H2,1-2H3/b19-17-,20-18-. The van der Waals surface area contributed by atoms with E-state index in [1.54, 1.807) is 0 Å². The highest BCUT2D eigenvalue weighted by molar-refractivity contribution is 5.95. The predicted molar refractivity (Wildman–Crippen MR) is 185 cm³/mol. The van der Waals surface area contributed by atoms with Gasteiger partial charge in [0.15, 0.2) is 0 Å². The molecule has 0 unspecified atom stereocenters. The molecule has 5 heteroatoms. The van der Waals surface area contributed by atoms with Gasteiger partial charge in [-0.2, -0.15) is 0 Å². The van der Waals surface area contributed by atoms with Gasteiger partial charge in [0.25, 0.3) is 0 Å². The van der Waals surface area contributed by atoms with Gasteiger partial charge < -0.3 is 5.21 Å². The van der Waals surface area contributed by atoms with Gasteiger partial charge >= 0.3 is 0 Å². The Labute approximate surface area is 267 Å². The summed E-state index contributed by atoms with van der Waals surface area (Å²) in [5, 5.41) is 9.00. The second kappa shape index (κ2) is 35.0. The van der Waals surface area contributed by atoms with Gasteiger partial charge in [-0.25, -0.2) is 5.48 Å². The molecule has 0 bridgehead atoms. The predicted octanol–water partition coefficient (Wildman–Crippen LogP) is 11.4. The highest BCUT2D eigenvalue weighted by atomic mass is 16.5. The molecule has 252 valence electrons. The van der Waals surface area contributed by atoms with E-state index in [4.69, 9.17) is 5.21 Å². The van der Waals surface area contributed by atoms with Gasteiger partial charge in [-0.3, -0.25) is 14.5 Å². The van der Waals surface area contributed by atoms with Gasteiger partial charge in [0.1, 0.15) is 0 Å². The minimum absolute atomic E-state index is 0.0920. The number of carbonyl (C=O) groups is 2. The van der Waals surface area contributed by atoms with Crippen molar-refractivity contribution in [3.05, 3.63) is 24.3 Å². The number of amides is 2. The van der Waals surface area contributed by atoms with Crippen molar-refractivity contribution in [1.29, 1.82) is 0 Å². The van der Waals surface area contributed by atoms with Crippen LogP contribution in [0, 0.1) is 0 Å². The van der Waals surface area contributed by atoms with Gasteiger partial charge in [0.2, 0.25) is 11.8 Å². The Morgan fingerprint density at radius 2 is 0.791 bits per heavy atom. The molecule has 0 aromatic heterocycles. The zero-order valence-corrected chi connectivity index (χ0v) is 28.7. The lowest BCUT2D eigenvalue weighted by Gasteiger charge is -2.20. The second-order valence-electron chi connectivity index (χ2n) is 12.5. The molecular formula is C38H72N2O3. The summed E-state index contributed by atoms with van der Waals surface area (Å²) in [4.78, 5) is 26.9. The van der Waals surface area contributed by atoms with Gasteiger partial charge in [-0.05, 0) is 64.2 Å². The Morgan fingerprint density at radius 3 is 1.12 bits per heavy atom. The van der Waals surface area contributed by atoms with Crippen molar-refractivity contribution in [3.63, 3.8) is 0 Å². The topological polar surface area (TPSA) is 69.6 Å². The Bertz CT molecular complexity index is 610. The van der Waals surface area contributed by atoms with Crippen LogP contribution in [0.5, 0.6) is 0 Å². The molecule has 2 amide bonds. The first-order valence-corrected chi connectivity index (χ1v) is 18.7. The molecule has 0 saturated heterocycles. The fraction of sp³-hybridized carbons (Fsp3) is 0.842. The summed E-state index contributed by atoms with van der Waals surface area (Å²) in [6, 6.07) is 0. The number of unbranched alkanes of at least 4 members (excludes halogenated alkanes) is 22. The summed E-state index contributed by atoms with van der Waals surface area (Å²) in [6.45, 7) is 4.98. The average Bonchev–Trinajstić information content (AvgIpc) is 3.01. The van der Waals surface area contributed by atoms with Crippen LogP contribution in [0.25, 0.3) is 0 Å². The monoisotopic (exact) mass is 605 g/mol. The molecule has 0 aromatic carbocycles. The number of nitrogens with zero attached hydrogens (tertiary/aromatic N) is 1. The summed E-state index contributed by atoms with van der Waals surface area (Å²) in [5.41, 5.74) is 2.09. The molecule has 0 atom stereocenters. The highest BCUT2D eigenvalue weighted by Gasteiger charge is 2.20. The zero-order chi connectivity index (χ0) is 31.5. The minimum Gasteiger partial charge on any atom is -0.317 e. The van der Waals surface area contributed by atoms with Crippen molar-refractivity contribution < 1.29 is 14.8 Å². The number of carbonyl (C=O) groups excluding carboxylic acids is 2. The summed E-state index contributed by atoms with van der Waals surface area (Å²) < 4.78 is 0. The SMILES string of the molecule is CCCCCCCC/C=C\CCCCCCCC(=O)N(CCNO)C(=O)CCCCCCC/C=C\CCCCCCCC. The summed E-state index contributed by atoms with van der Waals surface area (Å²) >= 11 is 0. The maximum Gasteiger partial charge on any atom is 0.229 e. The maximum atomic E-state index is 12.8. The lowest BCUT2D eigenvalue weighted by molar-refractivity contribution is -0.145. The van der Waals surface area contributed by atoms with Crippen LogP contribution in [-0.2, 0) is 9.59 Å². The minimum atomic E-state index is -0.0920. The first kappa shape index (κ1) is 41.5. The molecule has 5 nitrogen and oxygen atoms in total. The number of rotatable bonds is 33. The number of hydroxylamine groups is 1. The van der Waals surface area contributed by atoms with Crippen LogP contribution in [-0.4, -0.2) is 35.0 Å². The van der Waals surface area contributed by atoms with Crippen LogP contribution >= 0.6 is 0 Å². The van der Waals surface area contributed by atoms with Gasteiger partial charge in [0.05, 0.1) is 0 Å². The van der Waals surface area contributed by atoms with Gasteiger partial charge in [-0.15, -0.1) is 0 Å². The molecule has 0 radical (unpaired) electrons. The lowest BCUT2D eigenvalue weighted by atomic mass is 10.1. The number of hydrogen-bond acceptors (Lipinski definition) is 4. The van der Waals surface area contributed by atoms with Crippen LogP contribution in [0.4, 0.5) is 0 Å². The Balaban J connectivity index is 3.83. The normalized spacial score (nSPS) is 11.7. The molecule has 43 heavy (non-hydrogen) atoms. The molecule has 0 rings (SSSR count). The molecular weight excluding hydrogens is 532 g/mol. The Kier molecular flexibility index (Phi) is 33.8. The zero-order valence-electron chi connectivity index (χ0n) is 28.7. The van der Waals surface area contributed by atoms with Crippen molar-refractivity contribution in [2.24, 2.45) is 0 Å². The van der Waals surface area contributed by atoms with E-state index in [0.717, 1.165) is 51.4 Å². The third kappa shape index (κ3) is 30.4. The van der Waals surface area contributed by atoms with Crippen molar-refractivity contribution >= 4 is 11.8 Å². The van der Waals surface area contributed by atoms with Crippen LogP contribution in [0.2, 0.25) is 0 Å². The number of hydrogen-bond donors (Lipinski definition) is 2. The molecule has 0 heterocycles. The quantitative estimate of drug-likeness (QED) is 0.0444. The van der Waals surface area contributed by atoms with Crippen molar-refractivity contribution in [2.75, 3.05) is 13.1 Å². The molecule has 0 fully saturated rings. The summed E-state index contributed by atoms with van der Waals surface area (Å²) in [6.07, 6.45) is 42.0. The van der Waals surface area contributed by atoms with Crippen LogP contribution in [0.15, 0.2) is 24.3 Å². The fourth-order valence-electron chi connectivity index (χ4n) is 5.51. The Hall–Kier alpha value is -1.46. The molecule has 0 aliphatic heterocycles. The molecule has 0 saturated carbocycles. The second-order valence-corrected chi connectivity index (χ2v) is 12.5. The molecule has 0 spiro atoms. The maximum absolute atomic E-state index is 12.8. The van der Waals surface area contributed by atoms with Crippen molar-refractivity contribution in [2.45, 2.75) is 194 Å². The van der Waals surface area contributed by atoms with Crippen LogP contribution < -0.4 is 5.48 Å². The van der Waals surface area contributed by atoms with E-state index < -0.39 is 0 Å². The van der Waals surface area contributed by atoms with E-state index >= 15 is 0 Å². The number of allylic oxidation sites excluding steroid dienone is 4. The number of nitrogens with one attached hydrogen (secondary N) is 1. The third-order valence-electron chi connectivity index (χ3n) is 8.35. The highest BCUT2D eigenvalue weighted by Crippen LogP contribution is 2.13. The first-order chi connectivity index (χ1) is 21.2. The van der Waals surface area contributed by atoms with Crippen LogP contribution in [0.3, 0.4) is 0 Å². The first-order valence-electron chi connectivity index (χ1n) is 18.7. The number of imide groups is 1. The van der Waals surface area contributed by atoms with Crippen LogP contribution in [0.1, 0.15) is 194 Å². The lowest BCUT2D eigenvalue weighted by Crippen LogP contribution is -2.40. The average molecular weight is 605 g/mol. The fourth-order valence-corrected chi connectivity index (χ4v) is 5.51. The molecule has 2 N–H and O–H groups in total. The third-order valence-corrected chi connectivity index (χ3v) is 8.35.